The number of benzene rings is 4. The van der Waals surface area contributed by atoms with E-state index in [9.17, 15) is 52.7 Å². The molecule has 0 amide bonds. The molecule has 4 aromatic carbocycles. The van der Waals surface area contributed by atoms with Crippen molar-refractivity contribution in [2.24, 2.45) is 9.98 Å². The minimum atomic E-state index is -2.60. The lowest BCUT2D eigenvalue weighted by atomic mass is 9.92. The van der Waals surface area contributed by atoms with Gasteiger partial charge in [-0.3, -0.25) is 4.99 Å². The molecule has 0 bridgehead atoms. The van der Waals surface area contributed by atoms with Gasteiger partial charge in [0, 0.05) is 16.7 Å². The molecule has 0 saturated carbocycles. The van der Waals surface area contributed by atoms with Crippen molar-refractivity contribution in [1.29, 1.82) is 0 Å². The summed E-state index contributed by atoms with van der Waals surface area (Å²) in [5, 5.41) is 0. The van der Waals surface area contributed by atoms with Crippen molar-refractivity contribution in [1.82, 2.24) is 0 Å². The van der Waals surface area contributed by atoms with Gasteiger partial charge in [-0.2, -0.15) is 0 Å². The number of aliphatic imine (C=N–C) groups is 2. The van der Waals surface area contributed by atoms with E-state index in [1.807, 2.05) is 0 Å². The van der Waals surface area contributed by atoms with Crippen molar-refractivity contribution >= 4 is 11.5 Å². The van der Waals surface area contributed by atoms with E-state index in [4.69, 9.17) is 0 Å². The van der Waals surface area contributed by atoms with E-state index in [1.54, 1.807) is 0 Å². The molecule has 0 saturated heterocycles. The summed E-state index contributed by atoms with van der Waals surface area (Å²) in [4.78, 5) is 6.85. The van der Waals surface area contributed by atoms with Crippen LogP contribution in [-0.2, 0) is 6.54 Å². The molecule has 0 heterocycles. The highest BCUT2D eigenvalue weighted by atomic mass is 19.2. The van der Waals surface area contributed by atoms with E-state index in [1.165, 1.54) is 0 Å². The average Bonchev–Trinajstić information content (AvgIpc) is 3.06. The first-order valence-corrected chi connectivity index (χ1v) is 13.1. The first-order chi connectivity index (χ1) is 22.7. The Bertz CT molecular complexity index is 2040. The van der Waals surface area contributed by atoms with Gasteiger partial charge in [-0.25, -0.2) is 75.2 Å². The summed E-state index contributed by atoms with van der Waals surface area (Å²) in [5.74, 6) is -39.0. The van der Waals surface area contributed by atoms with Crippen LogP contribution in [0.5, 0.6) is 0 Å². The van der Waals surface area contributed by atoms with Crippen molar-refractivity contribution in [2.75, 3.05) is 0 Å². The van der Waals surface area contributed by atoms with Gasteiger partial charge in [-0.1, -0.05) is 0 Å². The molecule has 0 fully saturated rings. The second-order valence-corrected chi connectivity index (χ2v) is 10.2. The molecule has 260 valence electrons. The maximum absolute atomic E-state index is 15.6. The highest BCUT2D eigenvalue weighted by molar-refractivity contribution is 6.13. The Morgan fingerprint density at radius 2 is 0.755 bits per heavy atom. The fourth-order valence-electron chi connectivity index (χ4n) is 4.80. The van der Waals surface area contributed by atoms with Crippen LogP contribution >= 0.6 is 0 Å². The van der Waals surface area contributed by atoms with E-state index in [0.29, 0.717) is 27.7 Å². The molecule has 0 radical (unpaired) electrons. The Morgan fingerprint density at radius 1 is 0.388 bits per heavy atom. The van der Waals surface area contributed by atoms with Crippen LogP contribution in [0.1, 0.15) is 40.3 Å². The molecule has 2 nitrogen and oxygen atoms in total. The minimum Gasteiger partial charge on any atom is -0.261 e. The van der Waals surface area contributed by atoms with E-state index >= 15 is 17.6 Å². The monoisotopic (exact) mass is 718 g/mol. The number of halogens is 16. The smallest absolute Gasteiger partial charge is 0.200 e. The maximum atomic E-state index is 15.6. The maximum Gasteiger partial charge on any atom is 0.200 e. The van der Waals surface area contributed by atoms with Crippen LogP contribution in [0.2, 0.25) is 0 Å². The number of hydrogen-bond acceptors (Lipinski definition) is 1. The third-order valence-electron chi connectivity index (χ3n) is 7.36. The molecule has 0 aliphatic heterocycles. The summed E-state index contributed by atoms with van der Waals surface area (Å²) < 4.78 is 230. The quantitative estimate of drug-likeness (QED) is 0.0646. The zero-order valence-electron chi connectivity index (χ0n) is 24.6. The molecular weight excluding hydrogens is 704 g/mol. The standard InChI is InChI=1S/C31H14F16N2/c1-6-11(20(37)23(40)14(15(6)32)12-7(2)16(33)24(41)28(45)21(12)38)9(4)49-31(13-8(3)17(34)25(42)29(46)22(13)39)48-5-10-18(35)26(43)30(47)27(44)19(10)36/h5H2,1-4H3. The zero-order chi connectivity index (χ0) is 37.1. The normalized spacial score (nSPS) is 12.4. The molecular formula is C31H14F16N2. The number of amidine groups is 1. The molecule has 0 spiro atoms. The van der Waals surface area contributed by atoms with E-state index in [2.05, 4.69) is 9.98 Å². The molecule has 49 heavy (non-hydrogen) atoms. The van der Waals surface area contributed by atoms with E-state index < -0.39 is 156 Å². The lowest BCUT2D eigenvalue weighted by molar-refractivity contribution is 0.370. The van der Waals surface area contributed by atoms with Crippen molar-refractivity contribution in [3.63, 3.8) is 0 Å². The van der Waals surface area contributed by atoms with Crippen molar-refractivity contribution in [2.45, 2.75) is 34.2 Å². The van der Waals surface area contributed by atoms with Crippen molar-refractivity contribution < 1.29 is 70.2 Å². The molecule has 0 aromatic heterocycles. The zero-order valence-corrected chi connectivity index (χ0v) is 24.6. The summed E-state index contributed by atoms with van der Waals surface area (Å²) in [5.41, 5.74) is -12.2. The lowest BCUT2D eigenvalue weighted by Gasteiger charge is -2.17. The van der Waals surface area contributed by atoms with Crippen molar-refractivity contribution in [3.05, 3.63) is 126 Å². The second kappa shape index (κ2) is 13.2. The van der Waals surface area contributed by atoms with Gasteiger partial charge >= 0.3 is 0 Å². The number of hydrogen-bond donors (Lipinski definition) is 0. The summed E-state index contributed by atoms with van der Waals surface area (Å²) >= 11 is 0. The first-order valence-electron chi connectivity index (χ1n) is 13.1. The minimum absolute atomic E-state index is 0.577. The van der Waals surface area contributed by atoms with Crippen LogP contribution in [0.3, 0.4) is 0 Å². The van der Waals surface area contributed by atoms with Crippen LogP contribution < -0.4 is 0 Å². The summed E-state index contributed by atoms with van der Waals surface area (Å²) in [6.45, 7) is 0.819. The molecule has 0 unspecified atom stereocenters. The van der Waals surface area contributed by atoms with E-state index in [-0.39, 0.29) is 0 Å². The average molecular weight is 718 g/mol. The second-order valence-electron chi connectivity index (χ2n) is 10.2. The summed E-state index contributed by atoms with van der Waals surface area (Å²) in [6, 6.07) is 0. The van der Waals surface area contributed by atoms with Gasteiger partial charge < -0.3 is 0 Å². The fraction of sp³-hybridized carbons (Fsp3) is 0.161. The molecule has 0 aliphatic rings. The van der Waals surface area contributed by atoms with Crippen molar-refractivity contribution in [3.8, 4) is 11.1 Å². The predicted octanol–water partition coefficient (Wildman–Crippen LogP) is 9.96. The molecule has 4 rings (SSSR count). The molecule has 0 N–H and O–H groups in total. The van der Waals surface area contributed by atoms with Gasteiger partial charge in [-0.05, 0) is 38.8 Å². The molecule has 18 heteroatoms. The fourth-order valence-corrected chi connectivity index (χ4v) is 4.80. The Hall–Kier alpha value is -4.90. The van der Waals surface area contributed by atoms with Gasteiger partial charge in [0.25, 0.3) is 0 Å². The largest absolute Gasteiger partial charge is 0.261 e. The van der Waals surface area contributed by atoms with E-state index in [0.717, 1.165) is 0 Å². The Balaban J connectivity index is 2.04. The Morgan fingerprint density at radius 3 is 1.29 bits per heavy atom. The summed E-state index contributed by atoms with van der Waals surface area (Å²) in [7, 11) is 0. The predicted molar refractivity (Wildman–Crippen MR) is 141 cm³/mol. The van der Waals surface area contributed by atoms with Gasteiger partial charge in [0.1, 0.15) is 5.82 Å². The summed E-state index contributed by atoms with van der Waals surface area (Å²) in [6.07, 6.45) is 0. The molecule has 0 atom stereocenters. The number of rotatable bonds is 5. The highest BCUT2D eigenvalue weighted by Crippen LogP contribution is 2.39. The van der Waals surface area contributed by atoms with Crippen LogP contribution in [0, 0.1) is 114 Å². The van der Waals surface area contributed by atoms with Gasteiger partial charge in [0.05, 0.1) is 28.9 Å². The number of nitrogens with zero attached hydrogens (tertiary/aromatic N) is 2. The Kier molecular flexibility index (Phi) is 9.94. The third-order valence-corrected chi connectivity index (χ3v) is 7.36. The van der Waals surface area contributed by atoms with Gasteiger partial charge in [-0.15, -0.1) is 0 Å². The Labute approximate surface area is 264 Å². The van der Waals surface area contributed by atoms with Gasteiger partial charge in [0.2, 0.25) is 5.82 Å². The van der Waals surface area contributed by atoms with Gasteiger partial charge in [0.15, 0.2) is 87.3 Å². The van der Waals surface area contributed by atoms with Crippen LogP contribution in [0.4, 0.5) is 70.2 Å². The molecule has 0 aliphatic carbocycles. The third kappa shape index (κ3) is 5.79. The van der Waals surface area contributed by atoms with Crippen LogP contribution in [0.15, 0.2) is 9.98 Å². The lowest BCUT2D eigenvalue weighted by Crippen LogP contribution is -2.16. The molecule has 4 aromatic rings. The topological polar surface area (TPSA) is 24.7 Å². The SMILES string of the molecule is CC(=NC(=NCc1c(F)c(F)c(F)c(F)c1F)c1c(C)c(F)c(F)c(F)c1F)c1c(C)c(F)c(-c2c(C)c(F)c(F)c(F)c2F)c(F)c1F. The first kappa shape index (κ1) is 36.9. The van der Waals surface area contributed by atoms with Crippen LogP contribution in [-0.4, -0.2) is 11.5 Å². The highest BCUT2D eigenvalue weighted by Gasteiger charge is 2.33. The van der Waals surface area contributed by atoms with Crippen LogP contribution in [0.25, 0.3) is 11.1 Å².